The Morgan fingerprint density at radius 1 is 1.19 bits per heavy atom. The number of nitrogens with zero attached hydrogens (tertiary/aromatic N) is 4. The van der Waals surface area contributed by atoms with Gasteiger partial charge in [-0.15, -0.1) is 0 Å². The Kier molecular flexibility index (Phi) is 5.20. The van der Waals surface area contributed by atoms with E-state index in [0.717, 1.165) is 0 Å². The number of carbonyl (C=O) groups is 1. The van der Waals surface area contributed by atoms with Gasteiger partial charge in [0.05, 0.1) is 30.7 Å². The lowest BCUT2D eigenvalue weighted by Crippen LogP contribution is -2.18. The van der Waals surface area contributed by atoms with Crippen molar-refractivity contribution in [3.8, 4) is 11.3 Å². The molecule has 0 fully saturated rings. The van der Waals surface area contributed by atoms with Gasteiger partial charge in [0.1, 0.15) is 12.0 Å². The lowest BCUT2D eigenvalue weighted by atomic mass is 10.1. The number of aliphatic hydroxyl groups is 1. The first kappa shape index (κ1) is 17.9. The molecular formula is C18H15ClN4O3. The van der Waals surface area contributed by atoms with Gasteiger partial charge in [-0.25, -0.2) is 15.0 Å². The SMILES string of the molecule is Cn1cnc(CC(=O)c2cc(-c3ccc(CO)c(Cl)c3)ncn2)cc1=O. The van der Waals surface area contributed by atoms with Crippen LogP contribution in [0.1, 0.15) is 21.7 Å². The van der Waals surface area contributed by atoms with Crippen LogP contribution in [0.3, 0.4) is 0 Å². The number of aromatic nitrogens is 4. The summed E-state index contributed by atoms with van der Waals surface area (Å²) in [5, 5.41) is 9.61. The summed E-state index contributed by atoms with van der Waals surface area (Å²) in [5.74, 6) is -0.271. The van der Waals surface area contributed by atoms with Gasteiger partial charge in [-0.1, -0.05) is 23.7 Å². The van der Waals surface area contributed by atoms with Crippen molar-refractivity contribution in [2.75, 3.05) is 0 Å². The summed E-state index contributed by atoms with van der Waals surface area (Å²) in [7, 11) is 1.59. The van der Waals surface area contributed by atoms with Crippen LogP contribution in [-0.2, 0) is 20.1 Å². The molecule has 0 aliphatic rings. The third-order valence-electron chi connectivity index (χ3n) is 3.85. The summed E-state index contributed by atoms with van der Waals surface area (Å²) in [5.41, 5.74) is 2.22. The van der Waals surface area contributed by atoms with Gasteiger partial charge in [0, 0.05) is 23.7 Å². The van der Waals surface area contributed by atoms with Crippen LogP contribution >= 0.6 is 11.6 Å². The highest BCUT2D eigenvalue weighted by Gasteiger charge is 2.13. The van der Waals surface area contributed by atoms with E-state index in [2.05, 4.69) is 15.0 Å². The fourth-order valence-electron chi connectivity index (χ4n) is 2.35. The maximum Gasteiger partial charge on any atom is 0.253 e. The third kappa shape index (κ3) is 3.84. The number of rotatable bonds is 5. The van der Waals surface area contributed by atoms with Gasteiger partial charge in [0.15, 0.2) is 5.78 Å². The Morgan fingerprint density at radius 3 is 2.69 bits per heavy atom. The maximum absolute atomic E-state index is 12.5. The van der Waals surface area contributed by atoms with Gasteiger partial charge in [0.25, 0.3) is 5.56 Å². The van der Waals surface area contributed by atoms with Gasteiger partial charge in [0.2, 0.25) is 0 Å². The van der Waals surface area contributed by atoms with Crippen LogP contribution in [0.5, 0.6) is 0 Å². The van der Waals surface area contributed by atoms with E-state index in [1.165, 1.54) is 23.3 Å². The monoisotopic (exact) mass is 370 g/mol. The van der Waals surface area contributed by atoms with E-state index in [4.69, 9.17) is 11.6 Å². The molecule has 0 spiro atoms. The van der Waals surface area contributed by atoms with Gasteiger partial charge in [-0.2, -0.15) is 0 Å². The van der Waals surface area contributed by atoms with Crippen molar-refractivity contribution in [2.24, 2.45) is 7.05 Å². The van der Waals surface area contributed by atoms with Gasteiger partial charge in [-0.3, -0.25) is 9.59 Å². The molecule has 0 radical (unpaired) electrons. The number of carbonyl (C=O) groups excluding carboxylic acids is 1. The smallest absolute Gasteiger partial charge is 0.253 e. The van der Waals surface area contributed by atoms with Crippen molar-refractivity contribution in [3.63, 3.8) is 0 Å². The van der Waals surface area contributed by atoms with Crippen molar-refractivity contribution < 1.29 is 9.90 Å². The van der Waals surface area contributed by atoms with Crippen LogP contribution in [0.25, 0.3) is 11.3 Å². The summed E-state index contributed by atoms with van der Waals surface area (Å²) in [6.07, 6.45) is 2.64. The number of halogens is 1. The van der Waals surface area contributed by atoms with Crippen LogP contribution in [0, 0.1) is 0 Å². The summed E-state index contributed by atoms with van der Waals surface area (Å²) >= 11 is 6.11. The molecule has 0 aliphatic heterocycles. The molecule has 0 unspecified atom stereocenters. The van der Waals surface area contributed by atoms with Crippen molar-refractivity contribution in [2.45, 2.75) is 13.0 Å². The zero-order valence-electron chi connectivity index (χ0n) is 13.9. The molecule has 0 bridgehead atoms. The van der Waals surface area contributed by atoms with Gasteiger partial charge < -0.3 is 9.67 Å². The number of Topliss-reactive ketones (excluding diaryl/α,β-unsaturated/α-hetero) is 1. The van der Waals surface area contributed by atoms with E-state index >= 15 is 0 Å². The minimum atomic E-state index is -0.271. The number of benzene rings is 1. The van der Waals surface area contributed by atoms with Crippen molar-refractivity contribution in [3.05, 3.63) is 75.3 Å². The minimum Gasteiger partial charge on any atom is -0.392 e. The molecule has 2 heterocycles. The topological polar surface area (TPSA) is 98.0 Å². The highest BCUT2D eigenvalue weighted by atomic mass is 35.5. The number of hydrogen-bond donors (Lipinski definition) is 1. The Labute approximate surface area is 154 Å². The summed E-state index contributed by atoms with van der Waals surface area (Å²) in [6, 6.07) is 8.02. The Bertz CT molecular complexity index is 1030. The van der Waals surface area contributed by atoms with Crippen LogP contribution in [0.15, 0.2) is 47.8 Å². The molecule has 0 saturated heterocycles. The molecule has 3 aromatic rings. The average molecular weight is 371 g/mol. The standard InChI is InChI=1S/C18H15ClN4O3/c1-23-10-22-13(6-18(23)26)5-17(25)16-7-15(20-9-21-16)11-2-3-12(8-24)14(19)4-11/h2-4,6-7,9-10,24H,5,8H2,1H3. The highest BCUT2D eigenvalue weighted by molar-refractivity contribution is 6.31. The normalized spacial score (nSPS) is 10.7. The van der Waals surface area contributed by atoms with E-state index in [-0.39, 0.29) is 30.1 Å². The quantitative estimate of drug-likeness (QED) is 0.688. The second kappa shape index (κ2) is 7.55. The van der Waals surface area contributed by atoms with E-state index < -0.39 is 0 Å². The van der Waals surface area contributed by atoms with Crippen molar-refractivity contribution in [1.82, 2.24) is 19.5 Å². The van der Waals surface area contributed by atoms with E-state index in [9.17, 15) is 14.7 Å². The zero-order valence-corrected chi connectivity index (χ0v) is 14.6. The maximum atomic E-state index is 12.5. The van der Waals surface area contributed by atoms with Gasteiger partial charge >= 0.3 is 0 Å². The van der Waals surface area contributed by atoms with E-state index in [1.54, 1.807) is 31.3 Å². The van der Waals surface area contributed by atoms with Crippen LogP contribution < -0.4 is 5.56 Å². The first-order valence-electron chi connectivity index (χ1n) is 7.74. The summed E-state index contributed by atoms with van der Waals surface area (Å²) < 4.78 is 1.33. The third-order valence-corrected chi connectivity index (χ3v) is 4.20. The largest absolute Gasteiger partial charge is 0.392 e. The molecular weight excluding hydrogens is 356 g/mol. The molecule has 0 aliphatic carbocycles. The van der Waals surface area contributed by atoms with Crippen LogP contribution in [-0.4, -0.2) is 30.4 Å². The first-order valence-corrected chi connectivity index (χ1v) is 8.12. The van der Waals surface area contributed by atoms with E-state index in [1.807, 2.05) is 0 Å². The Morgan fingerprint density at radius 2 is 2.00 bits per heavy atom. The summed E-state index contributed by atoms with van der Waals surface area (Å²) in [6.45, 7) is -0.157. The molecule has 3 rings (SSSR count). The predicted molar refractivity (Wildman–Crippen MR) is 95.9 cm³/mol. The number of aliphatic hydroxyl groups excluding tert-OH is 1. The minimum absolute atomic E-state index is 0.0310. The lowest BCUT2D eigenvalue weighted by molar-refractivity contribution is 0.0987. The summed E-state index contributed by atoms with van der Waals surface area (Å²) in [4.78, 5) is 36.4. The lowest BCUT2D eigenvalue weighted by Gasteiger charge is -2.06. The molecule has 1 N–H and O–H groups in total. The fourth-order valence-corrected chi connectivity index (χ4v) is 2.59. The Hall–Kier alpha value is -2.90. The van der Waals surface area contributed by atoms with Gasteiger partial charge in [-0.05, 0) is 17.7 Å². The molecule has 7 nitrogen and oxygen atoms in total. The molecule has 132 valence electrons. The second-order valence-electron chi connectivity index (χ2n) is 5.68. The second-order valence-corrected chi connectivity index (χ2v) is 6.09. The van der Waals surface area contributed by atoms with Crippen molar-refractivity contribution in [1.29, 1.82) is 0 Å². The molecule has 26 heavy (non-hydrogen) atoms. The highest BCUT2D eigenvalue weighted by Crippen LogP contribution is 2.24. The zero-order chi connectivity index (χ0) is 18.7. The fraction of sp³-hybridized carbons (Fsp3) is 0.167. The number of aryl methyl sites for hydroxylation is 1. The number of hydrogen-bond acceptors (Lipinski definition) is 6. The molecule has 0 atom stereocenters. The molecule has 1 aromatic carbocycles. The predicted octanol–water partition coefficient (Wildman–Crippen LogP) is 1.81. The van der Waals surface area contributed by atoms with Crippen LogP contribution in [0.2, 0.25) is 5.02 Å². The van der Waals surface area contributed by atoms with E-state index in [0.29, 0.717) is 27.5 Å². The Balaban J connectivity index is 1.86. The molecule has 0 saturated carbocycles. The number of ketones is 1. The van der Waals surface area contributed by atoms with Crippen molar-refractivity contribution >= 4 is 17.4 Å². The molecule has 2 aromatic heterocycles. The first-order chi connectivity index (χ1) is 12.5. The molecule has 8 heteroatoms. The molecule has 0 amide bonds. The average Bonchev–Trinajstić information content (AvgIpc) is 2.64. The van der Waals surface area contributed by atoms with Crippen LogP contribution in [0.4, 0.5) is 0 Å².